The van der Waals surface area contributed by atoms with Crippen molar-refractivity contribution in [2.24, 2.45) is 0 Å². The molecule has 0 amide bonds. The van der Waals surface area contributed by atoms with Gasteiger partial charge in [0.2, 0.25) is 0 Å². The average molecular weight is 190 g/mol. The molecule has 0 saturated heterocycles. The first-order chi connectivity index (χ1) is 5.93. The third-order valence-corrected chi connectivity index (χ3v) is 1.04. The molecule has 0 atom stereocenters. The first kappa shape index (κ1) is 11.7. The van der Waals surface area contributed by atoms with E-state index >= 15 is 0 Å². The number of rotatable bonds is 1. The van der Waals surface area contributed by atoms with Gasteiger partial charge in [0.15, 0.2) is 0 Å². The van der Waals surface area contributed by atoms with Gasteiger partial charge in [0.25, 0.3) is 0 Å². The molecule has 0 heterocycles. The van der Waals surface area contributed by atoms with Gasteiger partial charge in [-0.25, -0.2) is 0 Å². The minimum Gasteiger partial charge on any atom is -0.308 e. The Balaban J connectivity index is 0.000000252. The number of halogens is 3. The summed E-state index contributed by atoms with van der Waals surface area (Å²) in [4.78, 5) is 0. The standard InChI is InChI=1S/C8H8.CHF3O/c1-2-8-6-4-3-5-7-8;2-1(3,4)5/h2-7H,1H2;5H. The highest BCUT2D eigenvalue weighted by atomic mass is 19.4. The first-order valence-corrected chi connectivity index (χ1v) is 3.40. The Labute approximate surface area is 74.1 Å². The van der Waals surface area contributed by atoms with Crippen LogP contribution in [0.2, 0.25) is 0 Å². The Hall–Kier alpha value is -1.29. The van der Waals surface area contributed by atoms with Gasteiger partial charge in [-0.3, -0.25) is 0 Å². The zero-order chi connectivity index (χ0) is 10.3. The Morgan fingerprint density at radius 2 is 1.54 bits per heavy atom. The average Bonchev–Trinajstić information content (AvgIpc) is 2.03. The lowest BCUT2D eigenvalue weighted by molar-refractivity contribution is -0.295. The van der Waals surface area contributed by atoms with Crippen molar-refractivity contribution in [1.82, 2.24) is 0 Å². The minimum atomic E-state index is -5.00. The molecule has 1 nitrogen and oxygen atoms in total. The van der Waals surface area contributed by atoms with Crippen LogP contribution in [0.15, 0.2) is 36.9 Å². The van der Waals surface area contributed by atoms with Crippen molar-refractivity contribution in [2.75, 3.05) is 0 Å². The first-order valence-electron chi connectivity index (χ1n) is 3.40. The van der Waals surface area contributed by atoms with Gasteiger partial charge < -0.3 is 5.11 Å². The van der Waals surface area contributed by atoms with Crippen molar-refractivity contribution in [3.8, 4) is 0 Å². The maximum absolute atomic E-state index is 9.91. The highest BCUT2D eigenvalue weighted by Crippen LogP contribution is 2.06. The van der Waals surface area contributed by atoms with Gasteiger partial charge in [-0.05, 0) is 5.56 Å². The zero-order valence-electron chi connectivity index (χ0n) is 6.75. The van der Waals surface area contributed by atoms with Crippen LogP contribution in [0.3, 0.4) is 0 Å². The highest BCUT2D eigenvalue weighted by Gasteiger charge is 2.20. The van der Waals surface area contributed by atoms with Crippen molar-refractivity contribution in [3.05, 3.63) is 42.5 Å². The summed E-state index contributed by atoms with van der Waals surface area (Å²) < 4.78 is 29.7. The van der Waals surface area contributed by atoms with Crippen LogP contribution in [-0.4, -0.2) is 11.5 Å². The van der Waals surface area contributed by atoms with E-state index in [1.807, 2.05) is 36.4 Å². The van der Waals surface area contributed by atoms with Crippen molar-refractivity contribution < 1.29 is 18.3 Å². The zero-order valence-corrected chi connectivity index (χ0v) is 6.75. The molecule has 0 fully saturated rings. The van der Waals surface area contributed by atoms with Crippen LogP contribution in [0.5, 0.6) is 0 Å². The van der Waals surface area contributed by atoms with E-state index in [-0.39, 0.29) is 0 Å². The second-order valence-electron chi connectivity index (χ2n) is 2.08. The normalized spacial score (nSPS) is 9.85. The van der Waals surface area contributed by atoms with Crippen LogP contribution in [0.1, 0.15) is 5.56 Å². The van der Waals surface area contributed by atoms with E-state index in [0.717, 1.165) is 0 Å². The Morgan fingerprint density at radius 3 is 1.77 bits per heavy atom. The van der Waals surface area contributed by atoms with Gasteiger partial charge in [-0.1, -0.05) is 43.0 Å². The quantitative estimate of drug-likeness (QED) is 0.721. The van der Waals surface area contributed by atoms with Crippen LogP contribution in [0, 0.1) is 0 Å². The summed E-state index contributed by atoms with van der Waals surface area (Å²) in [5.74, 6) is 0. The molecule has 0 aliphatic heterocycles. The Bertz CT molecular complexity index is 235. The topological polar surface area (TPSA) is 20.2 Å². The van der Waals surface area contributed by atoms with E-state index in [4.69, 9.17) is 5.11 Å². The van der Waals surface area contributed by atoms with Gasteiger partial charge in [-0.15, -0.1) is 13.2 Å². The van der Waals surface area contributed by atoms with Crippen molar-refractivity contribution in [3.63, 3.8) is 0 Å². The lowest BCUT2D eigenvalue weighted by atomic mass is 10.2. The smallest absolute Gasteiger partial charge is 0.308 e. The molecule has 13 heavy (non-hydrogen) atoms. The minimum absolute atomic E-state index is 1.17. The monoisotopic (exact) mass is 190 g/mol. The van der Waals surface area contributed by atoms with Gasteiger partial charge in [-0.2, -0.15) is 0 Å². The summed E-state index contributed by atoms with van der Waals surface area (Å²) in [6.07, 6.45) is -3.17. The largest absolute Gasteiger partial charge is 0.519 e. The summed E-state index contributed by atoms with van der Waals surface area (Å²) in [5, 5.41) is 6.52. The summed E-state index contributed by atoms with van der Waals surface area (Å²) in [6.45, 7) is 3.63. The Kier molecular flexibility index (Phi) is 4.84. The van der Waals surface area contributed by atoms with Crippen LogP contribution in [-0.2, 0) is 0 Å². The summed E-state index contributed by atoms with van der Waals surface area (Å²) in [6, 6.07) is 10.0. The predicted molar refractivity (Wildman–Crippen MR) is 44.8 cm³/mol. The molecular weight excluding hydrogens is 181 g/mol. The van der Waals surface area contributed by atoms with Crippen LogP contribution in [0.25, 0.3) is 6.08 Å². The van der Waals surface area contributed by atoms with E-state index in [9.17, 15) is 13.2 Å². The molecule has 0 saturated carbocycles. The van der Waals surface area contributed by atoms with Crippen molar-refractivity contribution in [1.29, 1.82) is 0 Å². The van der Waals surface area contributed by atoms with E-state index in [0.29, 0.717) is 0 Å². The SMILES string of the molecule is C=Cc1ccccc1.OC(F)(F)F. The number of alkyl halides is 3. The lowest BCUT2D eigenvalue weighted by Gasteiger charge is -1.86. The van der Waals surface area contributed by atoms with Crippen molar-refractivity contribution in [2.45, 2.75) is 6.36 Å². The summed E-state index contributed by atoms with van der Waals surface area (Å²) in [5.41, 5.74) is 1.17. The van der Waals surface area contributed by atoms with Crippen molar-refractivity contribution >= 4 is 6.08 Å². The van der Waals surface area contributed by atoms with Gasteiger partial charge in [0.05, 0.1) is 0 Å². The highest BCUT2D eigenvalue weighted by molar-refractivity contribution is 5.45. The van der Waals surface area contributed by atoms with Gasteiger partial charge in [0, 0.05) is 0 Å². The number of benzene rings is 1. The van der Waals surface area contributed by atoms with E-state index < -0.39 is 6.36 Å². The second-order valence-corrected chi connectivity index (χ2v) is 2.08. The van der Waals surface area contributed by atoms with Gasteiger partial charge in [0.1, 0.15) is 0 Å². The van der Waals surface area contributed by atoms with Gasteiger partial charge >= 0.3 is 6.36 Å². The third-order valence-electron chi connectivity index (χ3n) is 1.04. The molecule has 0 radical (unpaired) electrons. The van der Waals surface area contributed by atoms with Crippen LogP contribution in [0.4, 0.5) is 13.2 Å². The second kappa shape index (κ2) is 5.37. The number of hydrogen-bond acceptors (Lipinski definition) is 1. The number of hydrogen-bond donors (Lipinski definition) is 1. The van der Waals surface area contributed by atoms with Crippen LogP contribution < -0.4 is 0 Å². The van der Waals surface area contributed by atoms with E-state index in [2.05, 4.69) is 6.58 Å². The third kappa shape index (κ3) is 10.7. The molecule has 1 aromatic carbocycles. The fourth-order valence-corrected chi connectivity index (χ4v) is 0.589. The lowest BCUT2D eigenvalue weighted by Crippen LogP contribution is -2.01. The predicted octanol–water partition coefficient (Wildman–Crippen LogP) is 2.83. The molecule has 1 rings (SSSR count). The molecule has 72 valence electrons. The van der Waals surface area contributed by atoms with E-state index in [1.54, 1.807) is 0 Å². The number of aliphatic hydroxyl groups is 1. The summed E-state index contributed by atoms with van der Waals surface area (Å²) in [7, 11) is 0. The molecule has 1 aromatic rings. The fourth-order valence-electron chi connectivity index (χ4n) is 0.589. The molecule has 0 unspecified atom stereocenters. The molecular formula is C9H9F3O. The maximum atomic E-state index is 9.91. The maximum Gasteiger partial charge on any atom is 0.519 e. The molecule has 0 bridgehead atoms. The molecule has 4 heteroatoms. The molecule has 0 aliphatic carbocycles. The Morgan fingerprint density at radius 1 is 1.15 bits per heavy atom. The van der Waals surface area contributed by atoms with Crippen LogP contribution >= 0.6 is 0 Å². The fraction of sp³-hybridized carbons (Fsp3) is 0.111. The molecule has 0 aliphatic rings. The molecule has 1 N–H and O–H groups in total. The summed E-state index contributed by atoms with van der Waals surface area (Å²) >= 11 is 0. The molecule has 0 aromatic heterocycles. The van der Waals surface area contributed by atoms with E-state index in [1.165, 1.54) is 5.56 Å². The molecule has 0 spiro atoms.